The molecule has 2 aromatic rings. The van der Waals surface area contributed by atoms with E-state index in [4.69, 9.17) is 5.73 Å². The molecule has 20 heavy (non-hydrogen) atoms. The van der Waals surface area contributed by atoms with Crippen LogP contribution in [0.3, 0.4) is 0 Å². The summed E-state index contributed by atoms with van der Waals surface area (Å²) in [6, 6.07) is 13.6. The van der Waals surface area contributed by atoms with E-state index in [-0.39, 0.29) is 5.91 Å². The molecule has 0 aliphatic carbocycles. The summed E-state index contributed by atoms with van der Waals surface area (Å²) in [6.07, 6.45) is 0. The molecule has 0 unspecified atom stereocenters. The van der Waals surface area contributed by atoms with Crippen molar-refractivity contribution in [1.29, 1.82) is 0 Å². The lowest BCUT2D eigenvalue weighted by Gasteiger charge is -2.09. The molecular weight excluding hydrogens is 268 g/mol. The zero-order valence-electron chi connectivity index (χ0n) is 11.6. The number of carbonyl (C=O) groups excluding carboxylic acids is 1. The second-order valence-electron chi connectivity index (χ2n) is 4.55. The maximum atomic E-state index is 11.6. The maximum Gasteiger partial charge on any atom is 0.251 e. The molecule has 4 heteroatoms. The van der Waals surface area contributed by atoms with Gasteiger partial charge in [0.2, 0.25) is 0 Å². The molecule has 1 amide bonds. The largest absolute Gasteiger partial charge is 0.398 e. The topological polar surface area (TPSA) is 55.1 Å². The summed E-state index contributed by atoms with van der Waals surface area (Å²) >= 11 is 1.65. The Bertz CT molecular complexity index is 626. The van der Waals surface area contributed by atoms with Gasteiger partial charge in [0.1, 0.15) is 0 Å². The van der Waals surface area contributed by atoms with Gasteiger partial charge in [0.15, 0.2) is 0 Å². The van der Waals surface area contributed by atoms with Crippen LogP contribution in [0, 0.1) is 6.92 Å². The van der Waals surface area contributed by atoms with Gasteiger partial charge in [-0.2, -0.15) is 0 Å². The van der Waals surface area contributed by atoms with E-state index in [9.17, 15) is 4.79 Å². The van der Waals surface area contributed by atoms with Crippen molar-refractivity contribution in [2.24, 2.45) is 0 Å². The third-order valence-corrected chi connectivity index (χ3v) is 4.27. The molecule has 2 rings (SSSR count). The number of hydrogen-bond acceptors (Lipinski definition) is 3. The van der Waals surface area contributed by atoms with Crippen molar-refractivity contribution >= 4 is 23.4 Å². The van der Waals surface area contributed by atoms with E-state index in [1.54, 1.807) is 30.9 Å². The van der Waals surface area contributed by atoms with Crippen LogP contribution in [0.1, 0.15) is 21.5 Å². The fraction of sp³-hybridized carbons (Fsp3) is 0.188. The Balaban J connectivity index is 2.17. The second-order valence-corrected chi connectivity index (χ2v) is 5.56. The Kier molecular flexibility index (Phi) is 4.69. The average molecular weight is 286 g/mol. The number of nitrogens with two attached hydrogens (primary N) is 1. The molecule has 0 saturated carbocycles. The predicted octanol–water partition coefficient (Wildman–Crippen LogP) is 3.23. The summed E-state index contributed by atoms with van der Waals surface area (Å²) in [6.45, 7) is 2.10. The van der Waals surface area contributed by atoms with Crippen molar-refractivity contribution in [2.75, 3.05) is 12.8 Å². The third kappa shape index (κ3) is 3.33. The van der Waals surface area contributed by atoms with Gasteiger partial charge in [-0.15, -0.1) is 11.8 Å². The summed E-state index contributed by atoms with van der Waals surface area (Å²) in [7, 11) is 1.62. The molecule has 0 aliphatic heterocycles. The van der Waals surface area contributed by atoms with Gasteiger partial charge in [-0.05, 0) is 36.2 Å². The minimum Gasteiger partial charge on any atom is -0.398 e. The van der Waals surface area contributed by atoms with Crippen LogP contribution in [0.2, 0.25) is 0 Å². The van der Waals surface area contributed by atoms with E-state index in [1.807, 2.05) is 18.2 Å². The fourth-order valence-electron chi connectivity index (χ4n) is 1.87. The third-order valence-electron chi connectivity index (χ3n) is 3.15. The number of aryl methyl sites for hydroxylation is 1. The number of benzene rings is 2. The number of nitrogens with one attached hydrogen (secondary N) is 1. The Hall–Kier alpha value is -1.94. The quantitative estimate of drug-likeness (QED) is 0.670. The van der Waals surface area contributed by atoms with Gasteiger partial charge in [-0.3, -0.25) is 4.79 Å². The minimum atomic E-state index is -0.0947. The molecule has 2 aromatic carbocycles. The molecule has 0 saturated heterocycles. The zero-order chi connectivity index (χ0) is 14.5. The highest BCUT2D eigenvalue weighted by Gasteiger charge is 2.08. The van der Waals surface area contributed by atoms with Crippen LogP contribution in [0.15, 0.2) is 47.4 Å². The Morgan fingerprint density at radius 2 is 2.00 bits per heavy atom. The normalized spacial score (nSPS) is 10.3. The second kappa shape index (κ2) is 6.48. The summed E-state index contributed by atoms with van der Waals surface area (Å²) in [4.78, 5) is 12.6. The number of nitrogen functional groups attached to an aromatic ring is 1. The molecule has 3 N–H and O–H groups in total. The lowest BCUT2D eigenvalue weighted by molar-refractivity contribution is 0.0963. The standard InChI is InChI=1S/C16H18N2OS/c1-11-5-3-4-6-13(11)10-20-15-9-12(16(19)18-2)7-8-14(15)17/h3-9H,10,17H2,1-2H3,(H,18,19). The Morgan fingerprint density at radius 3 is 2.70 bits per heavy atom. The number of hydrogen-bond donors (Lipinski definition) is 2. The SMILES string of the molecule is CNC(=O)c1ccc(N)c(SCc2ccccc2C)c1. The van der Waals surface area contributed by atoms with E-state index in [0.717, 1.165) is 10.6 Å². The highest BCUT2D eigenvalue weighted by Crippen LogP contribution is 2.29. The monoisotopic (exact) mass is 286 g/mol. The van der Waals surface area contributed by atoms with E-state index >= 15 is 0 Å². The van der Waals surface area contributed by atoms with Gasteiger partial charge >= 0.3 is 0 Å². The van der Waals surface area contributed by atoms with Gasteiger partial charge < -0.3 is 11.1 Å². The lowest BCUT2D eigenvalue weighted by Crippen LogP contribution is -2.17. The van der Waals surface area contributed by atoms with Crippen molar-refractivity contribution < 1.29 is 4.79 Å². The first kappa shape index (κ1) is 14.5. The molecule has 0 heterocycles. The molecule has 0 fully saturated rings. The Morgan fingerprint density at radius 1 is 1.25 bits per heavy atom. The van der Waals surface area contributed by atoms with Gasteiger partial charge in [-0.25, -0.2) is 0 Å². The molecule has 0 bridgehead atoms. The van der Waals surface area contributed by atoms with E-state index < -0.39 is 0 Å². The van der Waals surface area contributed by atoms with Crippen molar-refractivity contribution in [3.05, 3.63) is 59.2 Å². The highest BCUT2D eigenvalue weighted by molar-refractivity contribution is 7.98. The summed E-state index contributed by atoms with van der Waals surface area (Å²) in [5.74, 6) is 0.747. The predicted molar refractivity (Wildman–Crippen MR) is 85.0 cm³/mol. The summed E-state index contributed by atoms with van der Waals surface area (Å²) in [5.41, 5.74) is 9.86. The molecule has 0 aromatic heterocycles. The first-order valence-electron chi connectivity index (χ1n) is 6.40. The molecule has 3 nitrogen and oxygen atoms in total. The average Bonchev–Trinajstić information content (AvgIpc) is 2.47. The van der Waals surface area contributed by atoms with Crippen molar-refractivity contribution in [1.82, 2.24) is 5.32 Å². The van der Waals surface area contributed by atoms with Crippen molar-refractivity contribution in [3.63, 3.8) is 0 Å². The first-order valence-corrected chi connectivity index (χ1v) is 7.39. The molecular formula is C16H18N2OS. The van der Waals surface area contributed by atoms with E-state index in [1.165, 1.54) is 11.1 Å². The number of thioether (sulfide) groups is 1. The number of rotatable bonds is 4. The Labute approximate surface area is 123 Å². The van der Waals surface area contributed by atoms with Crippen LogP contribution < -0.4 is 11.1 Å². The van der Waals surface area contributed by atoms with Gasteiger partial charge in [-0.1, -0.05) is 24.3 Å². The number of amides is 1. The van der Waals surface area contributed by atoms with E-state index in [0.29, 0.717) is 11.3 Å². The zero-order valence-corrected chi connectivity index (χ0v) is 12.5. The van der Waals surface area contributed by atoms with E-state index in [2.05, 4.69) is 24.4 Å². The molecule has 0 aliphatic rings. The highest BCUT2D eigenvalue weighted by atomic mass is 32.2. The van der Waals surface area contributed by atoms with Gasteiger partial charge in [0, 0.05) is 28.9 Å². The smallest absolute Gasteiger partial charge is 0.251 e. The molecule has 104 valence electrons. The van der Waals surface area contributed by atoms with Crippen LogP contribution in [0.5, 0.6) is 0 Å². The molecule has 0 atom stereocenters. The minimum absolute atomic E-state index is 0.0947. The van der Waals surface area contributed by atoms with Crippen LogP contribution in [-0.4, -0.2) is 13.0 Å². The molecule has 0 radical (unpaired) electrons. The van der Waals surface area contributed by atoms with Gasteiger partial charge in [0.25, 0.3) is 5.91 Å². The van der Waals surface area contributed by atoms with Crippen LogP contribution >= 0.6 is 11.8 Å². The number of carbonyl (C=O) groups is 1. The molecule has 0 spiro atoms. The first-order chi connectivity index (χ1) is 9.61. The van der Waals surface area contributed by atoms with Crippen LogP contribution in [0.4, 0.5) is 5.69 Å². The lowest BCUT2D eigenvalue weighted by atomic mass is 10.1. The fourth-order valence-corrected chi connectivity index (χ4v) is 2.95. The summed E-state index contributed by atoms with van der Waals surface area (Å²) in [5, 5.41) is 2.62. The maximum absolute atomic E-state index is 11.6. The van der Waals surface area contributed by atoms with Crippen molar-refractivity contribution in [3.8, 4) is 0 Å². The van der Waals surface area contributed by atoms with Gasteiger partial charge in [0.05, 0.1) is 0 Å². The summed E-state index contributed by atoms with van der Waals surface area (Å²) < 4.78 is 0. The van der Waals surface area contributed by atoms with Crippen LogP contribution in [0.25, 0.3) is 0 Å². The number of anilines is 1. The van der Waals surface area contributed by atoms with Crippen molar-refractivity contribution in [2.45, 2.75) is 17.6 Å². The van der Waals surface area contributed by atoms with Crippen LogP contribution in [-0.2, 0) is 5.75 Å².